The fourth-order valence-electron chi connectivity index (χ4n) is 2.07. The van der Waals surface area contributed by atoms with Crippen molar-refractivity contribution in [2.24, 2.45) is 0 Å². The second-order valence-electron chi connectivity index (χ2n) is 5.14. The summed E-state index contributed by atoms with van der Waals surface area (Å²) in [5, 5.41) is 3.25. The molecule has 0 fully saturated rings. The number of benzene rings is 2. The Morgan fingerprint density at radius 3 is 2.45 bits per heavy atom. The van der Waals surface area contributed by atoms with E-state index in [-0.39, 0.29) is 11.7 Å². The highest BCUT2D eigenvalue weighted by Gasteiger charge is 2.17. The lowest BCUT2D eigenvalue weighted by atomic mass is 10.1. The first kappa shape index (κ1) is 16.3. The Labute approximate surface area is 134 Å². The molecule has 0 bridgehead atoms. The summed E-state index contributed by atoms with van der Waals surface area (Å²) >= 11 is 6.16. The third-order valence-electron chi connectivity index (χ3n) is 3.18. The molecule has 1 unspecified atom stereocenters. The quantitative estimate of drug-likeness (QED) is 0.900. The number of hydrogen-bond donors (Lipinski definition) is 1. The van der Waals surface area contributed by atoms with Crippen LogP contribution in [0.4, 0.5) is 10.1 Å². The maximum Gasteiger partial charge on any atom is 0.265 e. The van der Waals surface area contributed by atoms with Crippen molar-refractivity contribution in [2.45, 2.75) is 26.9 Å². The molecule has 1 amide bonds. The van der Waals surface area contributed by atoms with Gasteiger partial charge in [0.15, 0.2) is 6.10 Å². The zero-order valence-electron chi connectivity index (χ0n) is 12.6. The van der Waals surface area contributed by atoms with Crippen LogP contribution in [0, 0.1) is 19.7 Å². The predicted molar refractivity (Wildman–Crippen MR) is 86.0 cm³/mol. The average Bonchev–Trinajstić information content (AvgIpc) is 2.45. The molecule has 0 aliphatic carbocycles. The molecule has 0 aromatic heterocycles. The number of aryl methyl sites for hydroxylation is 2. The first-order valence-electron chi connectivity index (χ1n) is 6.86. The fraction of sp³-hybridized carbons (Fsp3) is 0.235. The van der Waals surface area contributed by atoms with Gasteiger partial charge in [-0.25, -0.2) is 4.39 Å². The summed E-state index contributed by atoms with van der Waals surface area (Å²) in [6, 6.07) is 9.23. The van der Waals surface area contributed by atoms with Crippen molar-refractivity contribution in [1.82, 2.24) is 0 Å². The van der Waals surface area contributed by atoms with Crippen molar-refractivity contribution in [3.63, 3.8) is 0 Å². The largest absolute Gasteiger partial charge is 0.481 e. The van der Waals surface area contributed by atoms with Crippen molar-refractivity contribution >= 4 is 23.2 Å². The van der Waals surface area contributed by atoms with Crippen molar-refractivity contribution in [3.8, 4) is 5.75 Å². The van der Waals surface area contributed by atoms with Crippen LogP contribution >= 0.6 is 11.6 Å². The summed E-state index contributed by atoms with van der Waals surface area (Å²) in [5.41, 5.74) is 2.48. The Morgan fingerprint density at radius 1 is 1.23 bits per heavy atom. The standard InChI is InChI=1S/C17H17ClFNO2/c1-10-8-11(2)16(15(18)9-10)20-17(21)12(3)22-14-6-4-13(19)5-7-14/h4-9,12H,1-3H3,(H,20,21). The molecule has 0 saturated heterocycles. The number of amides is 1. The van der Waals surface area contributed by atoms with E-state index in [0.717, 1.165) is 11.1 Å². The lowest BCUT2D eigenvalue weighted by Crippen LogP contribution is -2.30. The predicted octanol–water partition coefficient (Wildman–Crippen LogP) is 4.50. The van der Waals surface area contributed by atoms with E-state index in [2.05, 4.69) is 5.32 Å². The highest BCUT2D eigenvalue weighted by atomic mass is 35.5. The average molecular weight is 322 g/mol. The van der Waals surface area contributed by atoms with Crippen LogP contribution in [0.1, 0.15) is 18.1 Å². The van der Waals surface area contributed by atoms with Crippen LogP contribution in [0.2, 0.25) is 5.02 Å². The smallest absolute Gasteiger partial charge is 0.265 e. The van der Waals surface area contributed by atoms with Gasteiger partial charge in [-0.3, -0.25) is 4.79 Å². The lowest BCUT2D eigenvalue weighted by molar-refractivity contribution is -0.122. The topological polar surface area (TPSA) is 38.3 Å². The number of rotatable bonds is 4. The summed E-state index contributed by atoms with van der Waals surface area (Å²) in [6.07, 6.45) is -0.734. The first-order valence-corrected chi connectivity index (χ1v) is 7.24. The minimum Gasteiger partial charge on any atom is -0.481 e. The van der Waals surface area contributed by atoms with Crippen LogP contribution in [-0.4, -0.2) is 12.0 Å². The van der Waals surface area contributed by atoms with Crippen molar-refractivity contribution in [3.05, 3.63) is 58.4 Å². The van der Waals surface area contributed by atoms with Gasteiger partial charge in [0.25, 0.3) is 5.91 Å². The number of hydrogen-bond acceptors (Lipinski definition) is 2. The van der Waals surface area contributed by atoms with Gasteiger partial charge >= 0.3 is 0 Å². The van der Waals surface area contributed by atoms with E-state index in [0.29, 0.717) is 16.5 Å². The second kappa shape index (κ2) is 6.79. The third-order valence-corrected chi connectivity index (χ3v) is 3.47. The monoisotopic (exact) mass is 321 g/mol. The molecule has 0 spiro atoms. The van der Waals surface area contributed by atoms with Gasteiger partial charge in [0, 0.05) is 0 Å². The van der Waals surface area contributed by atoms with E-state index in [1.54, 1.807) is 13.0 Å². The van der Waals surface area contributed by atoms with Gasteiger partial charge < -0.3 is 10.1 Å². The molecule has 2 rings (SSSR count). The highest BCUT2D eigenvalue weighted by molar-refractivity contribution is 6.34. The summed E-state index contributed by atoms with van der Waals surface area (Å²) < 4.78 is 18.3. The van der Waals surface area contributed by atoms with E-state index in [1.165, 1.54) is 24.3 Å². The van der Waals surface area contributed by atoms with Crippen LogP contribution in [-0.2, 0) is 4.79 Å². The van der Waals surface area contributed by atoms with E-state index in [9.17, 15) is 9.18 Å². The molecular formula is C17H17ClFNO2. The van der Waals surface area contributed by atoms with Gasteiger partial charge in [0.2, 0.25) is 0 Å². The van der Waals surface area contributed by atoms with Gasteiger partial charge in [-0.1, -0.05) is 17.7 Å². The van der Waals surface area contributed by atoms with Crippen LogP contribution in [0.3, 0.4) is 0 Å². The Balaban J connectivity index is 2.07. The number of anilines is 1. The summed E-state index contributed by atoms with van der Waals surface area (Å²) in [5.74, 6) is -0.250. The maximum absolute atomic E-state index is 12.8. The van der Waals surface area contributed by atoms with Gasteiger partial charge in [-0.05, 0) is 62.2 Å². The molecule has 0 heterocycles. The zero-order valence-corrected chi connectivity index (χ0v) is 13.4. The van der Waals surface area contributed by atoms with Gasteiger partial charge in [0.1, 0.15) is 11.6 Å². The molecular weight excluding hydrogens is 305 g/mol. The molecule has 3 nitrogen and oxygen atoms in total. The Kier molecular flexibility index (Phi) is 5.03. The SMILES string of the molecule is Cc1cc(C)c(NC(=O)C(C)Oc2ccc(F)cc2)c(Cl)c1. The Hall–Kier alpha value is -2.07. The molecule has 0 aliphatic heterocycles. The number of carbonyl (C=O) groups excluding carboxylic acids is 1. The van der Waals surface area contributed by atoms with E-state index >= 15 is 0 Å². The Bertz CT molecular complexity index is 663. The molecule has 0 aliphatic rings. The maximum atomic E-state index is 12.8. The summed E-state index contributed by atoms with van der Waals surface area (Å²) in [4.78, 5) is 12.2. The molecule has 2 aromatic rings. The van der Waals surface area contributed by atoms with Crippen LogP contribution in [0.25, 0.3) is 0 Å². The molecule has 116 valence electrons. The van der Waals surface area contributed by atoms with E-state index in [1.807, 2.05) is 19.9 Å². The van der Waals surface area contributed by atoms with Crippen LogP contribution < -0.4 is 10.1 Å². The number of nitrogens with one attached hydrogen (secondary N) is 1. The lowest BCUT2D eigenvalue weighted by Gasteiger charge is -2.17. The third kappa shape index (κ3) is 3.98. The highest BCUT2D eigenvalue weighted by Crippen LogP contribution is 2.27. The number of carbonyl (C=O) groups is 1. The van der Waals surface area contributed by atoms with Crippen molar-refractivity contribution in [1.29, 1.82) is 0 Å². The van der Waals surface area contributed by atoms with Crippen molar-refractivity contribution in [2.75, 3.05) is 5.32 Å². The van der Waals surface area contributed by atoms with Gasteiger partial charge in [0.05, 0.1) is 10.7 Å². The summed E-state index contributed by atoms with van der Waals surface area (Å²) in [6.45, 7) is 5.43. The van der Waals surface area contributed by atoms with Crippen LogP contribution in [0.15, 0.2) is 36.4 Å². The first-order chi connectivity index (χ1) is 10.4. The van der Waals surface area contributed by atoms with E-state index in [4.69, 9.17) is 16.3 Å². The Morgan fingerprint density at radius 2 is 1.86 bits per heavy atom. The molecule has 2 aromatic carbocycles. The van der Waals surface area contributed by atoms with Crippen LogP contribution in [0.5, 0.6) is 5.75 Å². The second-order valence-corrected chi connectivity index (χ2v) is 5.55. The summed E-state index contributed by atoms with van der Waals surface area (Å²) in [7, 11) is 0. The van der Waals surface area contributed by atoms with Crippen molar-refractivity contribution < 1.29 is 13.9 Å². The van der Waals surface area contributed by atoms with E-state index < -0.39 is 6.10 Å². The minimum atomic E-state index is -0.734. The molecule has 0 saturated carbocycles. The number of ether oxygens (including phenoxy) is 1. The molecule has 22 heavy (non-hydrogen) atoms. The molecule has 5 heteroatoms. The molecule has 1 N–H and O–H groups in total. The molecule has 0 radical (unpaired) electrons. The van der Waals surface area contributed by atoms with Gasteiger partial charge in [-0.2, -0.15) is 0 Å². The zero-order chi connectivity index (χ0) is 16.3. The fourth-order valence-corrected chi connectivity index (χ4v) is 2.44. The number of halogens is 2. The van der Waals surface area contributed by atoms with Gasteiger partial charge in [-0.15, -0.1) is 0 Å². The molecule has 1 atom stereocenters. The normalized spacial score (nSPS) is 11.9. The minimum absolute atomic E-state index is 0.321.